The lowest BCUT2D eigenvalue weighted by Gasteiger charge is -2.20. The Morgan fingerprint density at radius 3 is 2.84 bits per heavy atom. The maximum atomic E-state index is 12.5. The molecule has 1 aromatic heterocycles. The number of hydrogen-bond donors (Lipinski definition) is 1. The predicted molar refractivity (Wildman–Crippen MR) is 94.4 cm³/mol. The number of hydrogen-bond acceptors (Lipinski definition) is 4. The summed E-state index contributed by atoms with van der Waals surface area (Å²) in [6.07, 6.45) is 7.21. The Bertz CT molecular complexity index is 690. The second kappa shape index (κ2) is 8.16. The minimum Gasteiger partial charge on any atom is -0.497 e. The zero-order chi connectivity index (χ0) is 17.6. The first-order valence-corrected chi connectivity index (χ1v) is 8.69. The van der Waals surface area contributed by atoms with Crippen LogP contribution in [0.3, 0.4) is 0 Å². The number of rotatable bonds is 7. The molecule has 1 fully saturated rings. The molecule has 0 unspecified atom stereocenters. The first-order chi connectivity index (χ1) is 12.2. The van der Waals surface area contributed by atoms with Crippen molar-refractivity contribution in [3.05, 3.63) is 48.0 Å². The smallest absolute Gasteiger partial charge is 0.220 e. The van der Waals surface area contributed by atoms with Crippen molar-refractivity contribution in [2.75, 3.05) is 13.7 Å². The van der Waals surface area contributed by atoms with Gasteiger partial charge < -0.3 is 19.4 Å². The Balaban J connectivity index is 1.71. The number of carbonyl (C=O) groups excluding carboxylic acids is 1. The van der Waals surface area contributed by atoms with E-state index in [0.29, 0.717) is 6.42 Å². The van der Waals surface area contributed by atoms with Crippen molar-refractivity contribution >= 4 is 5.91 Å². The average molecular weight is 343 g/mol. The maximum Gasteiger partial charge on any atom is 0.220 e. The predicted octanol–water partition coefficient (Wildman–Crippen LogP) is 2.59. The van der Waals surface area contributed by atoms with Crippen LogP contribution in [0.2, 0.25) is 0 Å². The van der Waals surface area contributed by atoms with Gasteiger partial charge in [-0.2, -0.15) is 0 Å². The number of nitrogens with one attached hydrogen (secondary N) is 1. The fraction of sp³-hybridized carbons (Fsp3) is 0.474. The molecule has 1 aliphatic rings. The van der Waals surface area contributed by atoms with E-state index in [4.69, 9.17) is 9.47 Å². The lowest BCUT2D eigenvalue weighted by atomic mass is 10.0. The van der Waals surface area contributed by atoms with Crippen LogP contribution in [0.1, 0.15) is 43.1 Å². The van der Waals surface area contributed by atoms with Crippen LogP contribution >= 0.6 is 0 Å². The zero-order valence-corrected chi connectivity index (χ0v) is 14.8. The average Bonchev–Trinajstić information content (AvgIpc) is 3.30. The van der Waals surface area contributed by atoms with E-state index in [2.05, 4.69) is 10.3 Å². The van der Waals surface area contributed by atoms with Crippen LogP contribution < -0.4 is 10.1 Å². The lowest BCUT2D eigenvalue weighted by molar-refractivity contribution is -0.122. The standard InChI is InChI=1S/C19H25N3O3/c1-22-12-11-20-19(22)18(14-5-7-15(24-2)8-6-14)21-17(23)10-9-16-4-3-13-25-16/h5-8,11-12,16,18H,3-4,9-10,13H2,1-2H3,(H,21,23)/t16-,18-/m1/s1. The highest BCUT2D eigenvalue weighted by Gasteiger charge is 2.22. The summed E-state index contributed by atoms with van der Waals surface area (Å²) in [6.45, 7) is 0.814. The van der Waals surface area contributed by atoms with Crippen molar-refractivity contribution < 1.29 is 14.3 Å². The highest BCUT2D eigenvalue weighted by Crippen LogP contribution is 2.23. The summed E-state index contributed by atoms with van der Waals surface area (Å²) in [6, 6.07) is 7.41. The number of imidazole rings is 1. The molecule has 0 saturated carbocycles. The van der Waals surface area contributed by atoms with Gasteiger partial charge in [0.25, 0.3) is 0 Å². The molecule has 1 amide bonds. The van der Waals surface area contributed by atoms with Gasteiger partial charge in [-0.05, 0) is 37.0 Å². The van der Waals surface area contributed by atoms with Crippen LogP contribution in [0.5, 0.6) is 5.75 Å². The fourth-order valence-corrected chi connectivity index (χ4v) is 3.15. The highest BCUT2D eigenvalue weighted by molar-refractivity contribution is 5.76. The summed E-state index contributed by atoms with van der Waals surface area (Å²) in [5, 5.41) is 3.12. The molecule has 0 bridgehead atoms. The number of ether oxygens (including phenoxy) is 2. The van der Waals surface area contributed by atoms with Crippen molar-refractivity contribution in [1.82, 2.24) is 14.9 Å². The third-order valence-corrected chi connectivity index (χ3v) is 4.59. The summed E-state index contributed by atoms with van der Waals surface area (Å²) in [7, 11) is 3.56. The third-order valence-electron chi connectivity index (χ3n) is 4.59. The first-order valence-electron chi connectivity index (χ1n) is 8.69. The van der Waals surface area contributed by atoms with Crippen molar-refractivity contribution in [1.29, 1.82) is 0 Å². The Morgan fingerprint density at radius 2 is 2.24 bits per heavy atom. The number of carbonyl (C=O) groups is 1. The minimum atomic E-state index is -0.289. The van der Waals surface area contributed by atoms with Gasteiger partial charge >= 0.3 is 0 Å². The fourth-order valence-electron chi connectivity index (χ4n) is 3.15. The summed E-state index contributed by atoms with van der Waals surface area (Å²) < 4.78 is 12.7. The molecule has 6 nitrogen and oxygen atoms in total. The second-order valence-electron chi connectivity index (χ2n) is 6.34. The molecule has 25 heavy (non-hydrogen) atoms. The minimum absolute atomic E-state index is 0.0133. The van der Waals surface area contributed by atoms with Crippen LogP contribution in [-0.4, -0.2) is 35.3 Å². The summed E-state index contributed by atoms with van der Waals surface area (Å²) in [5.41, 5.74) is 0.973. The number of aromatic nitrogens is 2. The molecule has 2 aromatic rings. The van der Waals surface area contributed by atoms with E-state index in [1.165, 1.54) is 0 Å². The zero-order valence-electron chi connectivity index (χ0n) is 14.8. The number of amides is 1. The maximum absolute atomic E-state index is 12.5. The van der Waals surface area contributed by atoms with Crippen LogP contribution in [0.15, 0.2) is 36.7 Å². The molecule has 134 valence electrons. The van der Waals surface area contributed by atoms with Gasteiger partial charge in [0.1, 0.15) is 17.6 Å². The monoisotopic (exact) mass is 343 g/mol. The number of methoxy groups -OCH3 is 1. The van der Waals surface area contributed by atoms with E-state index in [-0.39, 0.29) is 18.1 Å². The van der Waals surface area contributed by atoms with Gasteiger partial charge in [0.2, 0.25) is 5.91 Å². The number of nitrogens with zero attached hydrogens (tertiary/aromatic N) is 2. The van der Waals surface area contributed by atoms with Crippen molar-refractivity contribution in [3.63, 3.8) is 0 Å². The largest absolute Gasteiger partial charge is 0.497 e. The van der Waals surface area contributed by atoms with Crippen molar-refractivity contribution in [2.24, 2.45) is 7.05 Å². The van der Waals surface area contributed by atoms with E-state index < -0.39 is 0 Å². The van der Waals surface area contributed by atoms with Crippen LogP contribution in [0, 0.1) is 0 Å². The summed E-state index contributed by atoms with van der Waals surface area (Å²) in [4.78, 5) is 16.9. The van der Waals surface area contributed by atoms with Gasteiger partial charge in [-0.15, -0.1) is 0 Å². The molecule has 0 spiro atoms. The van der Waals surface area contributed by atoms with Gasteiger partial charge in [-0.25, -0.2) is 4.98 Å². The van der Waals surface area contributed by atoms with Gasteiger partial charge in [-0.3, -0.25) is 4.79 Å². The van der Waals surface area contributed by atoms with E-state index in [1.807, 2.05) is 42.1 Å². The molecular formula is C19H25N3O3. The second-order valence-corrected chi connectivity index (χ2v) is 6.34. The van der Waals surface area contributed by atoms with Gasteiger partial charge in [0.15, 0.2) is 0 Å². The molecule has 3 rings (SSSR count). The van der Waals surface area contributed by atoms with Gasteiger partial charge in [0, 0.05) is 32.5 Å². The molecular weight excluding hydrogens is 318 g/mol. The van der Waals surface area contributed by atoms with E-state index >= 15 is 0 Å². The van der Waals surface area contributed by atoms with Crippen molar-refractivity contribution in [2.45, 2.75) is 37.8 Å². The molecule has 1 aliphatic heterocycles. The molecule has 1 N–H and O–H groups in total. The molecule has 1 aromatic carbocycles. The quantitative estimate of drug-likeness (QED) is 0.839. The topological polar surface area (TPSA) is 65.4 Å². The molecule has 6 heteroatoms. The van der Waals surface area contributed by atoms with Gasteiger partial charge in [0.05, 0.1) is 13.2 Å². The molecule has 2 heterocycles. The summed E-state index contributed by atoms with van der Waals surface area (Å²) >= 11 is 0. The van der Waals surface area contributed by atoms with Crippen LogP contribution in [-0.2, 0) is 16.6 Å². The van der Waals surface area contributed by atoms with E-state index in [0.717, 1.165) is 43.0 Å². The molecule has 0 radical (unpaired) electrons. The third kappa shape index (κ3) is 4.39. The van der Waals surface area contributed by atoms with Crippen molar-refractivity contribution in [3.8, 4) is 5.75 Å². The first kappa shape index (κ1) is 17.5. The summed E-state index contributed by atoms with van der Waals surface area (Å²) in [5.74, 6) is 1.60. The Labute approximate surface area is 148 Å². The Hall–Kier alpha value is -2.34. The van der Waals surface area contributed by atoms with Crippen LogP contribution in [0.4, 0.5) is 0 Å². The van der Waals surface area contributed by atoms with E-state index in [9.17, 15) is 4.79 Å². The molecule has 0 aliphatic carbocycles. The molecule has 1 saturated heterocycles. The normalized spacial score (nSPS) is 18.1. The van der Waals surface area contributed by atoms with Crippen LogP contribution in [0.25, 0.3) is 0 Å². The highest BCUT2D eigenvalue weighted by atomic mass is 16.5. The number of benzene rings is 1. The Morgan fingerprint density at radius 1 is 1.44 bits per heavy atom. The SMILES string of the molecule is COc1ccc([C@@H](NC(=O)CC[C@H]2CCCO2)c2nccn2C)cc1. The van der Waals surface area contributed by atoms with E-state index in [1.54, 1.807) is 13.3 Å². The number of aryl methyl sites for hydroxylation is 1. The molecule has 2 atom stereocenters. The van der Waals surface area contributed by atoms with Gasteiger partial charge in [-0.1, -0.05) is 12.1 Å². The Kier molecular flexibility index (Phi) is 5.71. The lowest BCUT2D eigenvalue weighted by Crippen LogP contribution is -2.31.